The van der Waals surface area contributed by atoms with E-state index in [-0.39, 0.29) is 6.04 Å². The number of benzene rings is 2. The monoisotopic (exact) mass is 317 g/mol. The average molecular weight is 318 g/mol. The summed E-state index contributed by atoms with van der Waals surface area (Å²) < 4.78 is 1.10. The Bertz CT molecular complexity index is 617. The van der Waals surface area contributed by atoms with Crippen LogP contribution >= 0.6 is 15.9 Å². The van der Waals surface area contributed by atoms with Gasteiger partial charge in [-0.3, -0.25) is 0 Å². The highest BCUT2D eigenvalue weighted by molar-refractivity contribution is 9.10. The van der Waals surface area contributed by atoms with Crippen molar-refractivity contribution in [2.24, 2.45) is 5.73 Å². The van der Waals surface area contributed by atoms with Crippen LogP contribution in [0.2, 0.25) is 0 Å². The Morgan fingerprint density at radius 3 is 2.00 bits per heavy atom. The van der Waals surface area contributed by atoms with Crippen LogP contribution < -0.4 is 5.73 Å². The molecule has 0 saturated heterocycles. The molecule has 1 nitrogen and oxygen atoms in total. The largest absolute Gasteiger partial charge is 0.320 e. The maximum atomic E-state index is 6.47. The Labute approximate surface area is 124 Å². The molecule has 0 saturated carbocycles. The number of hydrogen-bond donors (Lipinski definition) is 1. The lowest BCUT2D eigenvalue weighted by molar-refractivity contribution is 0.849. The summed E-state index contributed by atoms with van der Waals surface area (Å²) >= 11 is 3.50. The number of aryl methyl sites for hydroxylation is 4. The van der Waals surface area contributed by atoms with Crippen molar-refractivity contribution in [3.63, 3.8) is 0 Å². The molecule has 0 bridgehead atoms. The zero-order valence-corrected chi connectivity index (χ0v) is 13.5. The van der Waals surface area contributed by atoms with Gasteiger partial charge in [0, 0.05) is 4.47 Å². The summed E-state index contributed by atoms with van der Waals surface area (Å²) in [4.78, 5) is 0. The first-order valence-electron chi connectivity index (χ1n) is 6.49. The predicted molar refractivity (Wildman–Crippen MR) is 85.6 cm³/mol. The average Bonchev–Trinajstić information content (AvgIpc) is 2.33. The summed E-state index contributed by atoms with van der Waals surface area (Å²) in [6, 6.07) is 10.7. The third-order valence-electron chi connectivity index (χ3n) is 3.78. The normalized spacial score (nSPS) is 12.5. The van der Waals surface area contributed by atoms with E-state index in [0.717, 1.165) is 4.47 Å². The minimum Gasteiger partial charge on any atom is -0.320 e. The van der Waals surface area contributed by atoms with E-state index in [1.165, 1.54) is 33.4 Å². The van der Waals surface area contributed by atoms with Crippen LogP contribution in [0.25, 0.3) is 0 Å². The van der Waals surface area contributed by atoms with Gasteiger partial charge in [-0.2, -0.15) is 0 Å². The highest BCUT2D eigenvalue weighted by Crippen LogP contribution is 2.28. The van der Waals surface area contributed by atoms with Gasteiger partial charge in [0.15, 0.2) is 0 Å². The Kier molecular flexibility index (Phi) is 4.12. The van der Waals surface area contributed by atoms with Crippen LogP contribution in [0.1, 0.15) is 39.4 Å². The van der Waals surface area contributed by atoms with Crippen LogP contribution in [0.15, 0.2) is 34.8 Å². The van der Waals surface area contributed by atoms with Crippen LogP contribution in [-0.2, 0) is 0 Å². The molecule has 2 N–H and O–H groups in total. The maximum Gasteiger partial charge on any atom is 0.0556 e. The van der Waals surface area contributed by atoms with Crippen LogP contribution in [-0.4, -0.2) is 0 Å². The molecule has 0 aliphatic carbocycles. The Morgan fingerprint density at radius 1 is 0.789 bits per heavy atom. The molecule has 2 heteroatoms. The topological polar surface area (TPSA) is 26.0 Å². The standard InChI is InChI=1S/C17H20BrN/c1-10-7-12(3)16(9-11(10)2)17(19)15-6-5-14(18)8-13(15)4/h5-9,17H,19H2,1-4H3. The summed E-state index contributed by atoms with van der Waals surface area (Å²) in [7, 11) is 0. The van der Waals surface area contributed by atoms with E-state index in [1.807, 2.05) is 0 Å². The first-order valence-corrected chi connectivity index (χ1v) is 7.29. The van der Waals surface area contributed by atoms with Crippen LogP contribution in [0.3, 0.4) is 0 Å². The lowest BCUT2D eigenvalue weighted by atomic mass is 9.90. The van der Waals surface area contributed by atoms with Gasteiger partial charge in [-0.25, -0.2) is 0 Å². The van der Waals surface area contributed by atoms with Crippen molar-refractivity contribution >= 4 is 15.9 Å². The summed E-state index contributed by atoms with van der Waals surface area (Å²) in [6.45, 7) is 8.52. The summed E-state index contributed by atoms with van der Waals surface area (Å²) in [5, 5.41) is 0. The van der Waals surface area contributed by atoms with E-state index in [2.05, 4.69) is 74.0 Å². The van der Waals surface area contributed by atoms with Crippen molar-refractivity contribution in [2.75, 3.05) is 0 Å². The molecule has 0 aromatic heterocycles. The third kappa shape index (κ3) is 2.90. The molecule has 100 valence electrons. The number of nitrogens with two attached hydrogens (primary N) is 1. The van der Waals surface area contributed by atoms with Crippen LogP contribution in [0.4, 0.5) is 0 Å². The molecule has 0 heterocycles. The summed E-state index contributed by atoms with van der Waals surface area (Å²) in [5.41, 5.74) is 14.0. The van der Waals surface area contributed by atoms with Gasteiger partial charge in [-0.1, -0.05) is 34.1 Å². The van der Waals surface area contributed by atoms with Gasteiger partial charge in [-0.15, -0.1) is 0 Å². The first-order chi connectivity index (χ1) is 8.90. The zero-order chi connectivity index (χ0) is 14.2. The van der Waals surface area contributed by atoms with Gasteiger partial charge in [-0.05, 0) is 73.2 Å². The minimum absolute atomic E-state index is 0.0626. The molecule has 2 aromatic carbocycles. The van der Waals surface area contributed by atoms with Gasteiger partial charge in [0.05, 0.1) is 6.04 Å². The van der Waals surface area contributed by atoms with E-state index in [0.29, 0.717) is 0 Å². The molecule has 1 atom stereocenters. The first kappa shape index (κ1) is 14.3. The van der Waals surface area contributed by atoms with Crippen molar-refractivity contribution in [2.45, 2.75) is 33.7 Å². The number of halogens is 1. The fourth-order valence-electron chi connectivity index (χ4n) is 2.47. The quantitative estimate of drug-likeness (QED) is 0.851. The summed E-state index contributed by atoms with van der Waals surface area (Å²) in [5.74, 6) is 0. The van der Waals surface area contributed by atoms with Gasteiger partial charge in [0.25, 0.3) is 0 Å². The van der Waals surface area contributed by atoms with Crippen molar-refractivity contribution in [1.82, 2.24) is 0 Å². The third-order valence-corrected chi connectivity index (χ3v) is 4.28. The lowest BCUT2D eigenvalue weighted by Crippen LogP contribution is -2.15. The van der Waals surface area contributed by atoms with E-state index < -0.39 is 0 Å². The highest BCUT2D eigenvalue weighted by Gasteiger charge is 2.14. The predicted octanol–water partition coefficient (Wildman–Crippen LogP) is 4.73. The molecule has 0 aliphatic heterocycles. The number of hydrogen-bond acceptors (Lipinski definition) is 1. The Morgan fingerprint density at radius 2 is 1.37 bits per heavy atom. The van der Waals surface area contributed by atoms with Gasteiger partial charge >= 0.3 is 0 Å². The van der Waals surface area contributed by atoms with Crippen molar-refractivity contribution < 1.29 is 0 Å². The van der Waals surface area contributed by atoms with Crippen molar-refractivity contribution in [3.8, 4) is 0 Å². The molecule has 1 unspecified atom stereocenters. The fourth-order valence-corrected chi connectivity index (χ4v) is 2.95. The van der Waals surface area contributed by atoms with E-state index >= 15 is 0 Å². The second kappa shape index (κ2) is 5.48. The molecule has 19 heavy (non-hydrogen) atoms. The Hall–Kier alpha value is -1.12. The molecular weight excluding hydrogens is 298 g/mol. The van der Waals surface area contributed by atoms with E-state index in [9.17, 15) is 0 Å². The summed E-state index contributed by atoms with van der Waals surface area (Å²) in [6.07, 6.45) is 0. The van der Waals surface area contributed by atoms with E-state index in [1.54, 1.807) is 0 Å². The van der Waals surface area contributed by atoms with Crippen molar-refractivity contribution in [3.05, 3.63) is 68.2 Å². The van der Waals surface area contributed by atoms with Gasteiger partial charge in [0.1, 0.15) is 0 Å². The molecular formula is C17H20BrN. The van der Waals surface area contributed by atoms with Crippen LogP contribution in [0.5, 0.6) is 0 Å². The lowest BCUT2D eigenvalue weighted by Gasteiger charge is -2.19. The molecule has 0 fully saturated rings. The molecule has 0 spiro atoms. The Balaban J connectivity index is 2.49. The minimum atomic E-state index is -0.0626. The van der Waals surface area contributed by atoms with Crippen LogP contribution in [0, 0.1) is 27.7 Å². The molecule has 2 aromatic rings. The molecule has 0 aliphatic rings. The number of rotatable bonds is 2. The van der Waals surface area contributed by atoms with Gasteiger partial charge < -0.3 is 5.73 Å². The molecule has 0 amide bonds. The molecule has 0 radical (unpaired) electrons. The second-order valence-corrected chi connectivity index (χ2v) is 6.19. The smallest absolute Gasteiger partial charge is 0.0556 e. The van der Waals surface area contributed by atoms with Crippen molar-refractivity contribution in [1.29, 1.82) is 0 Å². The fraction of sp³-hybridized carbons (Fsp3) is 0.294. The SMILES string of the molecule is Cc1cc(C)c(C(N)c2ccc(Br)cc2C)cc1C. The second-order valence-electron chi connectivity index (χ2n) is 5.27. The maximum absolute atomic E-state index is 6.47. The molecule has 2 rings (SSSR count). The highest BCUT2D eigenvalue weighted by atomic mass is 79.9. The van der Waals surface area contributed by atoms with E-state index in [4.69, 9.17) is 5.73 Å². The zero-order valence-electron chi connectivity index (χ0n) is 11.9. The van der Waals surface area contributed by atoms with Gasteiger partial charge in [0.2, 0.25) is 0 Å².